The highest BCUT2D eigenvalue weighted by atomic mass is 16.5. The largest absolute Gasteiger partial charge is 0.380 e. The van der Waals surface area contributed by atoms with Crippen LogP contribution >= 0.6 is 0 Å². The van der Waals surface area contributed by atoms with Crippen LogP contribution in [0.5, 0.6) is 0 Å². The van der Waals surface area contributed by atoms with E-state index in [1.54, 1.807) is 0 Å². The molecule has 1 saturated heterocycles. The van der Waals surface area contributed by atoms with Crippen LogP contribution < -0.4 is 5.32 Å². The lowest BCUT2D eigenvalue weighted by Crippen LogP contribution is -2.51. The van der Waals surface area contributed by atoms with E-state index in [-0.39, 0.29) is 0 Å². The first-order valence-corrected chi connectivity index (χ1v) is 6.41. The zero-order valence-electron chi connectivity index (χ0n) is 9.87. The van der Waals surface area contributed by atoms with Gasteiger partial charge in [-0.15, -0.1) is 0 Å². The number of hydrogen-bond donors (Lipinski definition) is 1. The van der Waals surface area contributed by atoms with Crippen molar-refractivity contribution in [2.24, 2.45) is 0 Å². The molecule has 0 aromatic heterocycles. The minimum absolute atomic E-state index is 0.705. The molecule has 1 aliphatic carbocycles. The van der Waals surface area contributed by atoms with E-state index in [0.29, 0.717) is 6.04 Å². The second kappa shape index (κ2) is 5.83. The summed E-state index contributed by atoms with van der Waals surface area (Å²) in [6.45, 7) is 4.23. The van der Waals surface area contributed by atoms with E-state index < -0.39 is 0 Å². The Balaban J connectivity index is 1.92. The van der Waals surface area contributed by atoms with Crippen molar-refractivity contribution in [3.63, 3.8) is 0 Å². The van der Waals surface area contributed by atoms with Gasteiger partial charge in [0.05, 0.1) is 6.61 Å². The van der Waals surface area contributed by atoms with Crippen molar-refractivity contribution in [1.29, 1.82) is 0 Å². The highest BCUT2D eigenvalue weighted by Gasteiger charge is 2.29. The van der Waals surface area contributed by atoms with Gasteiger partial charge in [0.2, 0.25) is 0 Å². The molecule has 0 radical (unpaired) electrons. The zero-order valence-corrected chi connectivity index (χ0v) is 9.87. The van der Waals surface area contributed by atoms with E-state index in [9.17, 15) is 0 Å². The Kier molecular flexibility index (Phi) is 4.42. The van der Waals surface area contributed by atoms with E-state index in [1.807, 2.05) is 0 Å². The summed E-state index contributed by atoms with van der Waals surface area (Å²) >= 11 is 0. The molecule has 3 heteroatoms. The molecule has 1 heterocycles. The van der Waals surface area contributed by atoms with E-state index in [0.717, 1.165) is 25.8 Å². The van der Waals surface area contributed by atoms with E-state index >= 15 is 0 Å². The zero-order chi connectivity index (χ0) is 10.5. The van der Waals surface area contributed by atoms with Gasteiger partial charge in [0, 0.05) is 31.8 Å². The number of rotatable bonds is 2. The van der Waals surface area contributed by atoms with Crippen molar-refractivity contribution in [2.75, 3.05) is 33.4 Å². The van der Waals surface area contributed by atoms with Crippen LogP contribution in [0.15, 0.2) is 0 Å². The molecule has 0 bridgehead atoms. The summed E-state index contributed by atoms with van der Waals surface area (Å²) in [4.78, 5) is 2.65. The summed E-state index contributed by atoms with van der Waals surface area (Å²) in [5.41, 5.74) is 0. The number of nitrogens with one attached hydrogen (secondary N) is 1. The van der Waals surface area contributed by atoms with Crippen LogP contribution in [0.25, 0.3) is 0 Å². The lowest BCUT2D eigenvalue weighted by atomic mass is 9.89. The van der Waals surface area contributed by atoms with Crippen LogP contribution in [0.3, 0.4) is 0 Å². The van der Waals surface area contributed by atoms with Crippen LogP contribution in [0.1, 0.15) is 32.1 Å². The molecule has 0 aromatic carbocycles. The maximum Gasteiger partial charge on any atom is 0.0593 e. The molecule has 2 rings (SSSR count). The summed E-state index contributed by atoms with van der Waals surface area (Å²) in [7, 11) is 2.11. The van der Waals surface area contributed by atoms with Gasteiger partial charge < -0.3 is 10.1 Å². The number of likely N-dealkylation sites (N-methyl/N-ethyl adjacent to an activating group) is 1. The first-order chi connectivity index (χ1) is 7.42. The van der Waals surface area contributed by atoms with Gasteiger partial charge in [-0.1, -0.05) is 12.8 Å². The normalized spacial score (nSPS) is 35.0. The molecular weight excluding hydrogens is 188 g/mol. The van der Waals surface area contributed by atoms with E-state index in [4.69, 9.17) is 4.74 Å². The molecule has 2 fully saturated rings. The predicted molar refractivity (Wildman–Crippen MR) is 62.1 cm³/mol. The number of ether oxygens (including phenoxy) is 1. The third-order valence-electron chi connectivity index (χ3n) is 3.83. The standard InChI is InChI=1S/C12H24N2O/c1-13-11-5-2-3-6-12(11)14-7-4-9-15-10-8-14/h11-13H,2-10H2,1H3. The molecule has 1 aliphatic heterocycles. The van der Waals surface area contributed by atoms with Crippen LogP contribution in [0, 0.1) is 0 Å². The first kappa shape index (κ1) is 11.4. The summed E-state index contributed by atoms with van der Waals surface area (Å²) in [6.07, 6.45) is 6.71. The van der Waals surface area contributed by atoms with Crippen LogP contribution in [0.2, 0.25) is 0 Å². The highest BCUT2D eigenvalue weighted by Crippen LogP contribution is 2.23. The van der Waals surface area contributed by atoms with Gasteiger partial charge in [0.1, 0.15) is 0 Å². The fourth-order valence-corrected chi connectivity index (χ4v) is 2.98. The molecular formula is C12H24N2O. The van der Waals surface area contributed by atoms with Gasteiger partial charge in [-0.25, -0.2) is 0 Å². The average Bonchev–Trinajstić information content (AvgIpc) is 2.57. The lowest BCUT2D eigenvalue weighted by Gasteiger charge is -2.39. The third kappa shape index (κ3) is 2.92. The number of nitrogens with zero attached hydrogens (tertiary/aromatic N) is 1. The van der Waals surface area contributed by atoms with Gasteiger partial charge in [0.25, 0.3) is 0 Å². The second-order valence-corrected chi connectivity index (χ2v) is 4.75. The molecule has 88 valence electrons. The van der Waals surface area contributed by atoms with Crippen LogP contribution in [-0.2, 0) is 4.74 Å². The molecule has 1 saturated carbocycles. The highest BCUT2D eigenvalue weighted by molar-refractivity contribution is 4.87. The summed E-state index contributed by atoms with van der Waals surface area (Å²) < 4.78 is 5.52. The van der Waals surface area contributed by atoms with E-state index in [1.165, 1.54) is 38.6 Å². The Morgan fingerprint density at radius 3 is 2.80 bits per heavy atom. The Labute approximate surface area is 93.2 Å². The first-order valence-electron chi connectivity index (χ1n) is 6.41. The lowest BCUT2D eigenvalue weighted by molar-refractivity contribution is 0.106. The second-order valence-electron chi connectivity index (χ2n) is 4.75. The SMILES string of the molecule is CNC1CCCCC1N1CCCOCC1. The molecule has 1 N–H and O–H groups in total. The topological polar surface area (TPSA) is 24.5 Å². The van der Waals surface area contributed by atoms with Crippen molar-refractivity contribution in [3.8, 4) is 0 Å². The van der Waals surface area contributed by atoms with Crippen LogP contribution in [-0.4, -0.2) is 50.3 Å². The Hall–Kier alpha value is -0.120. The molecule has 2 unspecified atom stereocenters. The molecule has 0 amide bonds. The average molecular weight is 212 g/mol. The van der Waals surface area contributed by atoms with Gasteiger partial charge in [-0.3, -0.25) is 4.90 Å². The fourth-order valence-electron chi connectivity index (χ4n) is 2.98. The summed E-state index contributed by atoms with van der Waals surface area (Å²) in [5, 5.41) is 3.49. The molecule has 3 nitrogen and oxygen atoms in total. The third-order valence-corrected chi connectivity index (χ3v) is 3.83. The Bertz CT molecular complexity index is 178. The molecule has 2 atom stereocenters. The monoisotopic (exact) mass is 212 g/mol. The van der Waals surface area contributed by atoms with Crippen molar-refractivity contribution >= 4 is 0 Å². The Morgan fingerprint density at radius 1 is 1.07 bits per heavy atom. The van der Waals surface area contributed by atoms with Gasteiger partial charge in [-0.05, 0) is 26.3 Å². The Morgan fingerprint density at radius 2 is 1.93 bits per heavy atom. The quantitative estimate of drug-likeness (QED) is 0.745. The molecule has 2 aliphatic rings. The summed E-state index contributed by atoms with van der Waals surface area (Å²) in [5.74, 6) is 0. The summed E-state index contributed by atoms with van der Waals surface area (Å²) in [6, 6.07) is 1.46. The minimum atomic E-state index is 0.705. The minimum Gasteiger partial charge on any atom is -0.380 e. The van der Waals surface area contributed by atoms with Crippen molar-refractivity contribution in [3.05, 3.63) is 0 Å². The molecule has 0 aromatic rings. The molecule has 15 heavy (non-hydrogen) atoms. The van der Waals surface area contributed by atoms with Gasteiger partial charge in [-0.2, -0.15) is 0 Å². The van der Waals surface area contributed by atoms with E-state index in [2.05, 4.69) is 17.3 Å². The number of hydrogen-bond acceptors (Lipinski definition) is 3. The fraction of sp³-hybridized carbons (Fsp3) is 1.00. The van der Waals surface area contributed by atoms with Crippen molar-refractivity contribution in [2.45, 2.75) is 44.2 Å². The molecule has 0 spiro atoms. The maximum atomic E-state index is 5.52. The smallest absolute Gasteiger partial charge is 0.0593 e. The van der Waals surface area contributed by atoms with Crippen molar-refractivity contribution < 1.29 is 4.74 Å². The van der Waals surface area contributed by atoms with Gasteiger partial charge in [0.15, 0.2) is 0 Å². The van der Waals surface area contributed by atoms with Crippen LogP contribution in [0.4, 0.5) is 0 Å². The van der Waals surface area contributed by atoms with Gasteiger partial charge >= 0.3 is 0 Å². The maximum absolute atomic E-state index is 5.52. The predicted octanol–water partition coefficient (Wildman–Crippen LogP) is 1.24. The van der Waals surface area contributed by atoms with Crippen molar-refractivity contribution in [1.82, 2.24) is 10.2 Å².